The number of ether oxygens (including phenoxy) is 1. The Morgan fingerprint density at radius 2 is 1.76 bits per heavy atom. The Morgan fingerprint density at radius 1 is 1.04 bits per heavy atom. The number of Topliss-reactive ketones (excluding diaryl/α,β-unsaturated/α-hetero) is 1. The lowest BCUT2D eigenvalue weighted by Gasteiger charge is -2.21. The molecule has 1 aliphatic heterocycles. The molecule has 0 atom stereocenters. The van der Waals surface area contributed by atoms with Crippen LogP contribution in [0.1, 0.15) is 37.7 Å². The third-order valence-electron chi connectivity index (χ3n) is 4.92. The van der Waals surface area contributed by atoms with Gasteiger partial charge in [0.25, 0.3) is 0 Å². The van der Waals surface area contributed by atoms with Gasteiger partial charge >= 0.3 is 0 Å². The molecule has 0 saturated carbocycles. The molecule has 25 heavy (non-hydrogen) atoms. The first-order chi connectivity index (χ1) is 12.2. The van der Waals surface area contributed by atoms with Gasteiger partial charge in [-0.3, -0.25) is 4.79 Å². The van der Waals surface area contributed by atoms with Gasteiger partial charge in [-0.15, -0.1) is 0 Å². The number of hydrogen-bond donors (Lipinski definition) is 0. The van der Waals surface area contributed by atoms with Crippen LogP contribution in [-0.2, 0) is 16.0 Å². The molecular formula is C22H25FO2. The van der Waals surface area contributed by atoms with Crippen LogP contribution >= 0.6 is 0 Å². The van der Waals surface area contributed by atoms with Gasteiger partial charge in [-0.05, 0) is 48.8 Å². The Kier molecular flexibility index (Phi) is 6.35. The highest BCUT2D eigenvalue weighted by Gasteiger charge is 2.17. The van der Waals surface area contributed by atoms with E-state index < -0.39 is 0 Å². The van der Waals surface area contributed by atoms with Crippen molar-refractivity contribution < 1.29 is 13.9 Å². The maximum Gasteiger partial charge on any atom is 0.133 e. The molecule has 0 aliphatic carbocycles. The lowest BCUT2D eigenvalue weighted by molar-refractivity contribution is -0.120. The zero-order chi connectivity index (χ0) is 17.5. The van der Waals surface area contributed by atoms with Gasteiger partial charge in [0.2, 0.25) is 0 Å². The minimum absolute atomic E-state index is 0.200. The first kappa shape index (κ1) is 17.8. The second-order valence-corrected chi connectivity index (χ2v) is 6.83. The van der Waals surface area contributed by atoms with E-state index in [1.807, 2.05) is 30.3 Å². The highest BCUT2D eigenvalue weighted by atomic mass is 19.1. The molecule has 1 heterocycles. The summed E-state index contributed by atoms with van der Waals surface area (Å²) in [6.45, 7) is 1.60. The Morgan fingerprint density at radius 3 is 2.48 bits per heavy atom. The monoisotopic (exact) mass is 340 g/mol. The Bertz CT molecular complexity index is 687. The zero-order valence-electron chi connectivity index (χ0n) is 14.5. The van der Waals surface area contributed by atoms with Crippen molar-refractivity contribution in [3.8, 4) is 11.1 Å². The lowest BCUT2D eigenvalue weighted by Crippen LogP contribution is -2.18. The molecule has 1 saturated heterocycles. The summed E-state index contributed by atoms with van der Waals surface area (Å²) in [6, 6.07) is 14.8. The van der Waals surface area contributed by atoms with E-state index in [0.717, 1.165) is 44.5 Å². The second kappa shape index (κ2) is 8.91. The van der Waals surface area contributed by atoms with Crippen LogP contribution in [0.5, 0.6) is 0 Å². The lowest BCUT2D eigenvalue weighted by atomic mass is 9.92. The van der Waals surface area contributed by atoms with E-state index >= 15 is 0 Å². The van der Waals surface area contributed by atoms with Crippen molar-refractivity contribution in [3.63, 3.8) is 0 Å². The van der Waals surface area contributed by atoms with Crippen LogP contribution in [-0.4, -0.2) is 19.0 Å². The molecule has 0 unspecified atom stereocenters. The van der Waals surface area contributed by atoms with Gasteiger partial charge in [-0.1, -0.05) is 42.5 Å². The van der Waals surface area contributed by atoms with Crippen molar-refractivity contribution in [2.75, 3.05) is 13.2 Å². The van der Waals surface area contributed by atoms with Gasteiger partial charge in [0.05, 0.1) is 0 Å². The van der Waals surface area contributed by atoms with Crippen molar-refractivity contribution in [3.05, 3.63) is 59.9 Å². The Balaban J connectivity index is 1.46. The van der Waals surface area contributed by atoms with Gasteiger partial charge in [-0.25, -0.2) is 4.39 Å². The molecule has 3 heteroatoms. The smallest absolute Gasteiger partial charge is 0.133 e. The van der Waals surface area contributed by atoms with E-state index in [1.165, 1.54) is 11.6 Å². The predicted octanol–water partition coefficient (Wildman–Crippen LogP) is 5.20. The summed E-state index contributed by atoms with van der Waals surface area (Å²) < 4.78 is 19.1. The predicted molar refractivity (Wildman–Crippen MR) is 97.9 cm³/mol. The van der Waals surface area contributed by atoms with Gasteiger partial charge in [-0.2, -0.15) is 0 Å². The first-order valence-electron chi connectivity index (χ1n) is 9.15. The Labute approximate surface area is 149 Å². The second-order valence-electron chi connectivity index (χ2n) is 6.83. The fourth-order valence-corrected chi connectivity index (χ4v) is 3.41. The Hall–Kier alpha value is -2.00. The number of carbonyl (C=O) groups excluding carboxylic acids is 1. The number of rotatable bonds is 7. The summed E-state index contributed by atoms with van der Waals surface area (Å²) in [4.78, 5) is 12.1. The third kappa shape index (κ3) is 5.23. The van der Waals surface area contributed by atoms with E-state index in [-0.39, 0.29) is 5.82 Å². The van der Waals surface area contributed by atoms with Gasteiger partial charge < -0.3 is 4.74 Å². The number of ketones is 1. The van der Waals surface area contributed by atoms with E-state index in [0.29, 0.717) is 30.1 Å². The van der Waals surface area contributed by atoms with Crippen LogP contribution in [0.25, 0.3) is 11.1 Å². The standard InChI is InChI=1S/C22H25FO2/c23-22-7-2-1-6-21(22)19-10-8-17(9-11-19)4-3-5-20(24)16-18-12-14-25-15-13-18/h1-2,6-11,18H,3-5,12-16H2. The third-order valence-corrected chi connectivity index (χ3v) is 4.92. The normalized spacial score (nSPS) is 15.2. The van der Waals surface area contributed by atoms with Crippen molar-refractivity contribution in [1.29, 1.82) is 0 Å². The molecule has 0 aromatic heterocycles. The number of benzene rings is 2. The maximum absolute atomic E-state index is 13.8. The van der Waals surface area contributed by atoms with Gasteiger partial charge in [0.1, 0.15) is 11.6 Å². The van der Waals surface area contributed by atoms with Crippen molar-refractivity contribution in [2.45, 2.75) is 38.5 Å². The molecule has 0 bridgehead atoms. The number of carbonyl (C=O) groups is 1. The molecule has 0 amide bonds. The molecule has 0 radical (unpaired) electrons. The minimum Gasteiger partial charge on any atom is -0.381 e. The van der Waals surface area contributed by atoms with Crippen molar-refractivity contribution in [1.82, 2.24) is 0 Å². The molecule has 2 aromatic rings. The molecule has 1 fully saturated rings. The molecule has 2 aromatic carbocycles. The maximum atomic E-state index is 13.8. The SMILES string of the molecule is O=C(CCCc1ccc(-c2ccccc2F)cc1)CC1CCOCC1. The van der Waals surface area contributed by atoms with E-state index in [9.17, 15) is 9.18 Å². The summed E-state index contributed by atoms with van der Waals surface area (Å²) in [5.41, 5.74) is 2.71. The zero-order valence-corrected chi connectivity index (χ0v) is 14.5. The quantitative estimate of drug-likeness (QED) is 0.692. The average Bonchev–Trinajstić information content (AvgIpc) is 2.64. The molecule has 132 valence electrons. The summed E-state index contributed by atoms with van der Waals surface area (Å²) in [7, 11) is 0. The fraction of sp³-hybridized carbons (Fsp3) is 0.409. The minimum atomic E-state index is -0.200. The summed E-state index contributed by atoms with van der Waals surface area (Å²) >= 11 is 0. The van der Waals surface area contributed by atoms with Crippen LogP contribution in [0.4, 0.5) is 4.39 Å². The summed E-state index contributed by atoms with van der Waals surface area (Å²) in [6.07, 6.45) is 5.15. The van der Waals surface area contributed by atoms with E-state index in [2.05, 4.69) is 0 Å². The number of aryl methyl sites for hydroxylation is 1. The molecule has 3 rings (SSSR count). The molecule has 0 spiro atoms. The molecule has 0 N–H and O–H groups in total. The topological polar surface area (TPSA) is 26.3 Å². The van der Waals surface area contributed by atoms with Gasteiger partial charge in [0.15, 0.2) is 0 Å². The van der Waals surface area contributed by atoms with E-state index in [4.69, 9.17) is 4.74 Å². The summed E-state index contributed by atoms with van der Waals surface area (Å²) in [5.74, 6) is 0.685. The summed E-state index contributed by atoms with van der Waals surface area (Å²) in [5, 5.41) is 0. The molecular weight excluding hydrogens is 315 g/mol. The van der Waals surface area contributed by atoms with E-state index in [1.54, 1.807) is 12.1 Å². The van der Waals surface area contributed by atoms with Crippen LogP contribution in [0, 0.1) is 11.7 Å². The van der Waals surface area contributed by atoms with Crippen molar-refractivity contribution >= 4 is 5.78 Å². The first-order valence-corrected chi connectivity index (χ1v) is 9.15. The molecule has 1 aliphatic rings. The number of hydrogen-bond acceptors (Lipinski definition) is 2. The van der Waals surface area contributed by atoms with Gasteiger partial charge in [0, 0.05) is 31.6 Å². The van der Waals surface area contributed by atoms with Crippen molar-refractivity contribution in [2.24, 2.45) is 5.92 Å². The highest BCUT2D eigenvalue weighted by Crippen LogP contribution is 2.23. The van der Waals surface area contributed by atoms with Crippen LogP contribution in [0.3, 0.4) is 0 Å². The average molecular weight is 340 g/mol. The van der Waals surface area contributed by atoms with Crippen LogP contribution < -0.4 is 0 Å². The fourth-order valence-electron chi connectivity index (χ4n) is 3.41. The van der Waals surface area contributed by atoms with Crippen LogP contribution in [0.15, 0.2) is 48.5 Å². The highest BCUT2D eigenvalue weighted by molar-refractivity contribution is 5.78. The largest absolute Gasteiger partial charge is 0.381 e. The molecule has 2 nitrogen and oxygen atoms in total. The van der Waals surface area contributed by atoms with Crippen LogP contribution in [0.2, 0.25) is 0 Å². The number of halogens is 1.